The van der Waals surface area contributed by atoms with Crippen molar-refractivity contribution in [3.63, 3.8) is 0 Å². The van der Waals surface area contributed by atoms with Crippen LogP contribution < -0.4 is 10.6 Å². The van der Waals surface area contributed by atoms with Crippen LogP contribution in [-0.2, 0) is 11.3 Å². The first-order chi connectivity index (χ1) is 14.2. The largest absolute Gasteiger partial charge is 0.445 e. The Bertz CT molecular complexity index is 954. The number of benzene rings is 3. The van der Waals surface area contributed by atoms with Crippen LogP contribution in [0.3, 0.4) is 0 Å². The summed E-state index contributed by atoms with van der Waals surface area (Å²) in [4.78, 5) is 25.0. The van der Waals surface area contributed by atoms with Crippen molar-refractivity contribution in [1.82, 2.24) is 10.6 Å². The topological polar surface area (TPSA) is 67.4 Å². The van der Waals surface area contributed by atoms with E-state index in [1.54, 1.807) is 30.3 Å². The lowest BCUT2D eigenvalue weighted by Gasteiger charge is -2.20. The first-order valence-corrected chi connectivity index (χ1v) is 9.21. The van der Waals surface area contributed by atoms with Gasteiger partial charge in [0, 0.05) is 5.56 Å². The number of alkyl carbamates (subject to hydrolysis) is 1. The Morgan fingerprint density at radius 3 is 2.10 bits per heavy atom. The maximum atomic E-state index is 12.7. The number of ether oxygens (including phenoxy) is 1. The fourth-order valence-electron chi connectivity index (χ4n) is 2.72. The summed E-state index contributed by atoms with van der Waals surface area (Å²) in [5, 5.41) is 5.56. The summed E-state index contributed by atoms with van der Waals surface area (Å²) in [6, 6.07) is 25.6. The van der Waals surface area contributed by atoms with Crippen molar-refractivity contribution in [2.45, 2.75) is 12.8 Å². The number of carbonyl (C=O) groups is 2. The number of amides is 2. The Hall–Kier alpha value is -3.86. The van der Waals surface area contributed by atoms with Gasteiger partial charge < -0.3 is 10.1 Å². The molecular formula is C24H22N2O3. The van der Waals surface area contributed by atoms with Crippen molar-refractivity contribution >= 4 is 18.1 Å². The van der Waals surface area contributed by atoms with E-state index in [0.29, 0.717) is 5.56 Å². The van der Waals surface area contributed by atoms with Gasteiger partial charge >= 0.3 is 6.09 Å². The minimum Gasteiger partial charge on any atom is -0.445 e. The minimum atomic E-state index is -0.731. The van der Waals surface area contributed by atoms with E-state index in [-0.39, 0.29) is 12.5 Å². The summed E-state index contributed by atoms with van der Waals surface area (Å²) < 4.78 is 5.29. The molecule has 0 radical (unpaired) electrons. The Kier molecular flexibility index (Phi) is 6.79. The van der Waals surface area contributed by atoms with E-state index in [9.17, 15) is 9.59 Å². The first-order valence-electron chi connectivity index (χ1n) is 9.21. The minimum absolute atomic E-state index is 0.144. The van der Waals surface area contributed by atoms with Gasteiger partial charge in [0.05, 0.1) is 0 Å². The lowest BCUT2D eigenvalue weighted by Crippen LogP contribution is -2.41. The van der Waals surface area contributed by atoms with Crippen LogP contribution in [0.2, 0.25) is 0 Å². The zero-order valence-corrected chi connectivity index (χ0v) is 15.9. The standard InChI is InChI=1S/C24H22N2O3/c1-2-18-13-15-21(16-14-18)23(27)25-22(20-11-7-4-8-12-20)26-24(28)29-17-19-9-5-3-6-10-19/h2-16,22H,1,17H2,(H,25,27)(H,26,28)/t22-/m0/s1. The van der Waals surface area contributed by atoms with Crippen LogP contribution in [-0.4, -0.2) is 12.0 Å². The molecule has 2 N–H and O–H groups in total. The number of carbonyl (C=O) groups excluding carboxylic acids is 2. The molecule has 0 fully saturated rings. The Labute approximate surface area is 170 Å². The third-order valence-corrected chi connectivity index (χ3v) is 4.29. The summed E-state index contributed by atoms with van der Waals surface area (Å²) in [5.74, 6) is -0.308. The molecule has 0 saturated heterocycles. The normalized spacial score (nSPS) is 11.2. The van der Waals surface area contributed by atoms with Crippen molar-refractivity contribution in [1.29, 1.82) is 0 Å². The molecule has 29 heavy (non-hydrogen) atoms. The van der Waals surface area contributed by atoms with Crippen molar-refractivity contribution in [2.75, 3.05) is 0 Å². The average molecular weight is 386 g/mol. The van der Waals surface area contributed by atoms with Crippen LogP contribution >= 0.6 is 0 Å². The maximum absolute atomic E-state index is 12.7. The fraction of sp³-hybridized carbons (Fsp3) is 0.0833. The highest BCUT2D eigenvalue weighted by Gasteiger charge is 2.18. The van der Waals surface area contributed by atoms with Crippen molar-refractivity contribution in [3.05, 3.63) is 114 Å². The van der Waals surface area contributed by atoms with Crippen LogP contribution in [0.1, 0.15) is 33.2 Å². The smallest absolute Gasteiger partial charge is 0.409 e. The fourth-order valence-corrected chi connectivity index (χ4v) is 2.72. The predicted molar refractivity (Wildman–Crippen MR) is 113 cm³/mol. The van der Waals surface area contributed by atoms with Crippen LogP contribution in [0.5, 0.6) is 0 Å². The number of nitrogens with one attached hydrogen (secondary N) is 2. The highest BCUT2D eigenvalue weighted by molar-refractivity contribution is 5.94. The highest BCUT2D eigenvalue weighted by Crippen LogP contribution is 2.13. The lowest BCUT2D eigenvalue weighted by atomic mass is 10.1. The van der Waals surface area contributed by atoms with E-state index in [0.717, 1.165) is 16.7 Å². The Morgan fingerprint density at radius 2 is 1.48 bits per heavy atom. The second-order valence-corrected chi connectivity index (χ2v) is 6.35. The molecule has 0 aliphatic rings. The van der Waals surface area contributed by atoms with Gasteiger partial charge in [0.2, 0.25) is 0 Å². The molecule has 3 aromatic carbocycles. The molecule has 0 bridgehead atoms. The third-order valence-electron chi connectivity index (χ3n) is 4.29. The summed E-state index contributed by atoms with van der Waals surface area (Å²) in [6.45, 7) is 3.85. The Balaban J connectivity index is 1.68. The van der Waals surface area contributed by atoms with Gasteiger partial charge in [-0.1, -0.05) is 85.5 Å². The van der Waals surface area contributed by atoms with E-state index < -0.39 is 12.3 Å². The molecule has 146 valence electrons. The zero-order valence-electron chi connectivity index (χ0n) is 15.9. The molecule has 0 aromatic heterocycles. The van der Waals surface area contributed by atoms with E-state index in [2.05, 4.69) is 17.2 Å². The summed E-state index contributed by atoms with van der Waals surface area (Å²) in [6.07, 6.45) is 0.356. The van der Waals surface area contributed by atoms with Gasteiger partial charge in [-0.3, -0.25) is 10.1 Å². The molecular weight excluding hydrogens is 364 g/mol. The van der Waals surface area contributed by atoms with Crippen molar-refractivity contribution in [2.24, 2.45) is 0 Å². The van der Waals surface area contributed by atoms with E-state index in [1.807, 2.05) is 60.7 Å². The second kappa shape index (κ2) is 9.90. The lowest BCUT2D eigenvalue weighted by molar-refractivity contribution is 0.0920. The SMILES string of the molecule is C=Cc1ccc(C(=O)N[C@@H](NC(=O)OCc2ccccc2)c2ccccc2)cc1. The second-order valence-electron chi connectivity index (χ2n) is 6.35. The number of rotatable bonds is 7. The number of hydrogen-bond donors (Lipinski definition) is 2. The monoisotopic (exact) mass is 386 g/mol. The third kappa shape index (κ3) is 5.81. The highest BCUT2D eigenvalue weighted by atomic mass is 16.5. The van der Waals surface area contributed by atoms with Gasteiger partial charge in [0.1, 0.15) is 12.8 Å². The number of hydrogen-bond acceptors (Lipinski definition) is 3. The first kappa shape index (κ1) is 19.9. The van der Waals surface area contributed by atoms with Crippen LogP contribution in [0.15, 0.2) is 91.5 Å². The molecule has 0 spiro atoms. The quantitative estimate of drug-likeness (QED) is 0.579. The van der Waals surface area contributed by atoms with Crippen molar-refractivity contribution in [3.8, 4) is 0 Å². The molecule has 1 atom stereocenters. The van der Waals surface area contributed by atoms with Gasteiger partial charge in [-0.25, -0.2) is 4.79 Å². The van der Waals surface area contributed by atoms with Gasteiger partial charge in [-0.2, -0.15) is 0 Å². The average Bonchev–Trinajstić information content (AvgIpc) is 2.78. The molecule has 0 saturated carbocycles. The van der Waals surface area contributed by atoms with Gasteiger partial charge in [0.25, 0.3) is 5.91 Å². The Morgan fingerprint density at radius 1 is 0.862 bits per heavy atom. The molecule has 3 rings (SSSR count). The van der Waals surface area contributed by atoms with Crippen LogP contribution in [0, 0.1) is 0 Å². The summed E-state index contributed by atoms with van der Waals surface area (Å²) >= 11 is 0. The molecule has 0 unspecified atom stereocenters. The summed E-state index contributed by atoms with van der Waals surface area (Å²) in [5.41, 5.74) is 3.02. The molecule has 5 nitrogen and oxygen atoms in total. The van der Waals surface area contributed by atoms with Crippen molar-refractivity contribution < 1.29 is 14.3 Å². The molecule has 5 heteroatoms. The predicted octanol–water partition coefficient (Wildman–Crippen LogP) is 4.68. The molecule has 0 aliphatic carbocycles. The van der Waals surface area contributed by atoms with Gasteiger partial charge in [0.15, 0.2) is 0 Å². The van der Waals surface area contributed by atoms with E-state index >= 15 is 0 Å². The van der Waals surface area contributed by atoms with Gasteiger partial charge in [-0.05, 0) is 28.8 Å². The molecule has 3 aromatic rings. The molecule has 2 amide bonds. The van der Waals surface area contributed by atoms with Crippen LogP contribution in [0.25, 0.3) is 6.08 Å². The van der Waals surface area contributed by atoms with E-state index in [4.69, 9.17) is 4.74 Å². The van der Waals surface area contributed by atoms with E-state index in [1.165, 1.54) is 0 Å². The maximum Gasteiger partial charge on any atom is 0.409 e. The molecule has 0 aliphatic heterocycles. The summed E-state index contributed by atoms with van der Waals surface area (Å²) in [7, 11) is 0. The molecule has 0 heterocycles. The van der Waals surface area contributed by atoms with Crippen LogP contribution in [0.4, 0.5) is 4.79 Å². The zero-order chi connectivity index (χ0) is 20.5. The van der Waals surface area contributed by atoms with Gasteiger partial charge in [-0.15, -0.1) is 0 Å².